The molecule has 0 saturated heterocycles. The summed E-state index contributed by atoms with van der Waals surface area (Å²) < 4.78 is 43.1. The van der Waals surface area contributed by atoms with Crippen molar-refractivity contribution in [3.63, 3.8) is 0 Å². The lowest BCUT2D eigenvalue weighted by Crippen LogP contribution is -2.47. The van der Waals surface area contributed by atoms with Crippen LogP contribution in [0, 0.1) is 0 Å². The Morgan fingerprint density at radius 3 is 2.57 bits per heavy atom. The number of fused-ring (bicyclic) bond motifs is 8. The molecule has 0 saturated carbocycles. The molecule has 5 heterocycles. The van der Waals surface area contributed by atoms with Crippen molar-refractivity contribution >= 4 is 33.1 Å². The summed E-state index contributed by atoms with van der Waals surface area (Å²) in [5.74, 6) is 0.0543. The maximum Gasteiger partial charge on any atom is 0.294 e. The molecule has 0 spiro atoms. The third-order valence-electron chi connectivity index (χ3n) is 10.9. The lowest BCUT2D eigenvalue weighted by molar-refractivity contribution is -0.445. The van der Waals surface area contributed by atoms with Gasteiger partial charge in [0, 0.05) is 59.1 Å². The number of nitrogens with two attached hydrogens (primary N) is 1. The lowest BCUT2D eigenvalue weighted by atomic mass is 9.74. The Bertz CT molecular complexity index is 1860. The first kappa shape index (κ1) is 32.2. The minimum absolute atomic E-state index is 0.00358. The second-order valence-corrected chi connectivity index (χ2v) is 16.2. The van der Waals surface area contributed by atoms with Crippen LogP contribution in [0.15, 0.2) is 64.2 Å². The van der Waals surface area contributed by atoms with Gasteiger partial charge in [-0.25, -0.2) is 0 Å². The predicted molar refractivity (Wildman–Crippen MR) is 183 cm³/mol. The van der Waals surface area contributed by atoms with Gasteiger partial charge in [0.15, 0.2) is 12.3 Å². The standard InChI is InChI=1S/C37H46N4O5S/c1-36(2)27-19-23(20-33(42)39-16-8-6-5-7-15-38)9-11-29(27)40-17-13-31-25(34(36)40)22-26-32(46-31)14-18-41-30-12-10-24(47(43,44)45)21-28(30)37(3,4)35(26)41/h9-12,19,21-22,31-32H,5-8,13-18,20,38H2,1-4H3,(H-,39,42,43,44,45)/p+1. The number of nitrogens with one attached hydrogen (secondary N) is 1. The summed E-state index contributed by atoms with van der Waals surface area (Å²) in [4.78, 5) is 15.2. The number of allylic oxidation sites excluding steroid dienone is 1. The van der Waals surface area contributed by atoms with E-state index in [2.05, 4.69) is 66.8 Å². The molecule has 2 unspecified atom stereocenters. The molecule has 250 valence electrons. The van der Waals surface area contributed by atoms with Gasteiger partial charge in [0.25, 0.3) is 10.1 Å². The van der Waals surface area contributed by atoms with E-state index >= 15 is 0 Å². The van der Waals surface area contributed by atoms with E-state index in [1.807, 2.05) is 6.07 Å². The number of hydrogen-bond acceptors (Lipinski definition) is 6. The van der Waals surface area contributed by atoms with Crippen LogP contribution >= 0.6 is 0 Å². The SMILES string of the molecule is CC1(C)C2=C3C=C4C5=[N+](CCC4OC3CCN2c2ccc(CC(=O)NCCCCCCN)cc21)c1ccc(S(=O)(=O)O)cc1C5(C)C. The van der Waals surface area contributed by atoms with Gasteiger partial charge in [0.05, 0.1) is 28.9 Å². The molecular formula is C37H47N4O5S+. The fourth-order valence-electron chi connectivity index (χ4n) is 8.69. The van der Waals surface area contributed by atoms with Gasteiger partial charge in [-0.1, -0.05) is 38.8 Å². The number of nitrogens with zero attached hydrogens (tertiary/aromatic N) is 2. The van der Waals surface area contributed by atoms with E-state index < -0.39 is 15.5 Å². The normalized spacial score (nSPS) is 23.4. The number of anilines is 1. The summed E-state index contributed by atoms with van der Waals surface area (Å²) in [7, 11) is -4.32. The van der Waals surface area contributed by atoms with E-state index in [9.17, 15) is 17.8 Å². The smallest absolute Gasteiger partial charge is 0.294 e. The number of carbonyl (C=O) groups excluding carboxylic acids is 1. The van der Waals surface area contributed by atoms with E-state index in [1.54, 1.807) is 6.07 Å². The molecule has 0 radical (unpaired) electrons. The van der Waals surface area contributed by atoms with Crippen molar-refractivity contribution in [3.05, 3.63) is 76.0 Å². The van der Waals surface area contributed by atoms with E-state index in [4.69, 9.17) is 10.5 Å². The van der Waals surface area contributed by atoms with Gasteiger partial charge in [-0.3, -0.25) is 9.35 Å². The summed E-state index contributed by atoms with van der Waals surface area (Å²) in [5.41, 5.74) is 14.9. The Balaban J connectivity index is 1.20. The summed E-state index contributed by atoms with van der Waals surface area (Å²) in [6.07, 6.45) is 8.62. The van der Waals surface area contributed by atoms with Crippen molar-refractivity contribution in [2.24, 2.45) is 5.73 Å². The zero-order chi connectivity index (χ0) is 33.3. The van der Waals surface area contributed by atoms with Gasteiger partial charge in [-0.15, -0.1) is 0 Å². The third kappa shape index (κ3) is 5.37. The van der Waals surface area contributed by atoms with Crippen molar-refractivity contribution in [2.45, 2.75) is 101 Å². The quantitative estimate of drug-likeness (QED) is 0.196. The molecule has 0 aliphatic carbocycles. The number of rotatable bonds is 9. The Morgan fingerprint density at radius 2 is 1.81 bits per heavy atom. The highest BCUT2D eigenvalue weighted by molar-refractivity contribution is 7.85. The maximum atomic E-state index is 12.8. The van der Waals surface area contributed by atoms with E-state index in [0.29, 0.717) is 13.0 Å². The second-order valence-electron chi connectivity index (χ2n) is 14.7. The Morgan fingerprint density at radius 1 is 1.02 bits per heavy atom. The number of amides is 1. The zero-order valence-corrected chi connectivity index (χ0v) is 28.8. The Kier molecular flexibility index (Phi) is 8.02. The first-order chi connectivity index (χ1) is 22.3. The van der Waals surface area contributed by atoms with Crippen LogP contribution in [0.3, 0.4) is 0 Å². The molecule has 0 bridgehead atoms. The number of hydrogen-bond donors (Lipinski definition) is 3. The lowest BCUT2D eigenvalue weighted by Gasteiger charge is -2.42. The largest absolute Gasteiger partial charge is 0.365 e. The molecule has 1 amide bonds. The van der Waals surface area contributed by atoms with Crippen LogP contribution in [-0.4, -0.2) is 67.6 Å². The van der Waals surface area contributed by atoms with Crippen LogP contribution in [0.2, 0.25) is 0 Å². The average molecular weight is 660 g/mol. The minimum atomic E-state index is -4.32. The molecule has 47 heavy (non-hydrogen) atoms. The summed E-state index contributed by atoms with van der Waals surface area (Å²) in [6.45, 7) is 11.9. The van der Waals surface area contributed by atoms with Gasteiger partial charge in [-0.05, 0) is 75.1 Å². The molecule has 2 aromatic carbocycles. The van der Waals surface area contributed by atoms with Crippen LogP contribution in [-0.2, 0) is 36.9 Å². The molecule has 0 aromatic heterocycles. The molecular weight excluding hydrogens is 612 g/mol. The Labute approximate surface area is 278 Å². The summed E-state index contributed by atoms with van der Waals surface area (Å²) >= 11 is 0. The van der Waals surface area contributed by atoms with Crippen molar-refractivity contribution < 1.29 is 27.1 Å². The molecule has 5 aliphatic rings. The summed E-state index contributed by atoms with van der Waals surface area (Å²) in [6, 6.07) is 11.4. The van der Waals surface area contributed by atoms with Crippen LogP contribution in [0.5, 0.6) is 0 Å². The topological polar surface area (TPSA) is 125 Å². The van der Waals surface area contributed by atoms with E-state index in [-0.39, 0.29) is 28.4 Å². The fourth-order valence-corrected chi connectivity index (χ4v) is 9.19. The van der Waals surface area contributed by atoms with Crippen LogP contribution in [0.1, 0.15) is 82.9 Å². The average Bonchev–Trinajstić information content (AvgIpc) is 3.40. The van der Waals surface area contributed by atoms with Gasteiger partial charge < -0.3 is 20.7 Å². The fraction of sp³-hybridized carbons (Fsp3) is 0.514. The molecule has 7 rings (SSSR count). The molecule has 2 atom stereocenters. The number of benzene rings is 2. The Hall–Kier alpha value is -3.31. The molecule has 2 aromatic rings. The first-order valence-corrected chi connectivity index (χ1v) is 18.5. The van der Waals surface area contributed by atoms with Crippen molar-refractivity contribution in [2.75, 3.05) is 31.1 Å². The minimum Gasteiger partial charge on any atom is -0.365 e. The van der Waals surface area contributed by atoms with Crippen molar-refractivity contribution in [3.8, 4) is 0 Å². The van der Waals surface area contributed by atoms with Crippen LogP contribution < -0.4 is 16.0 Å². The van der Waals surface area contributed by atoms with Gasteiger partial charge in [0.2, 0.25) is 11.6 Å². The molecule has 5 aliphatic heterocycles. The first-order valence-electron chi connectivity index (χ1n) is 17.1. The molecule has 9 nitrogen and oxygen atoms in total. The third-order valence-corrected chi connectivity index (χ3v) is 11.8. The van der Waals surface area contributed by atoms with E-state index in [0.717, 1.165) is 86.3 Å². The van der Waals surface area contributed by atoms with Crippen molar-refractivity contribution in [1.82, 2.24) is 5.32 Å². The monoisotopic (exact) mass is 659 g/mol. The van der Waals surface area contributed by atoms with Gasteiger partial charge in [0.1, 0.15) is 0 Å². The molecule has 10 heteroatoms. The highest BCUT2D eigenvalue weighted by atomic mass is 32.2. The van der Waals surface area contributed by atoms with Gasteiger partial charge in [-0.2, -0.15) is 13.0 Å². The second kappa shape index (κ2) is 11.7. The summed E-state index contributed by atoms with van der Waals surface area (Å²) in [5, 5.41) is 3.09. The number of unbranched alkanes of at least 4 members (excludes halogenated alkanes) is 3. The number of carbonyl (C=O) groups is 1. The van der Waals surface area contributed by atoms with Crippen LogP contribution in [0.4, 0.5) is 11.4 Å². The maximum absolute atomic E-state index is 12.8. The predicted octanol–water partition coefficient (Wildman–Crippen LogP) is 5.04. The van der Waals surface area contributed by atoms with Crippen LogP contribution in [0.25, 0.3) is 0 Å². The molecule has 0 fully saturated rings. The number of ether oxygens (including phenoxy) is 1. The van der Waals surface area contributed by atoms with Gasteiger partial charge >= 0.3 is 0 Å². The zero-order valence-electron chi connectivity index (χ0n) is 27.9. The highest BCUT2D eigenvalue weighted by Gasteiger charge is 2.54. The van der Waals surface area contributed by atoms with E-state index in [1.165, 1.54) is 28.6 Å². The highest BCUT2D eigenvalue weighted by Crippen LogP contribution is 2.54. The molecule has 4 N–H and O–H groups in total. The van der Waals surface area contributed by atoms with Crippen molar-refractivity contribution in [1.29, 1.82) is 0 Å².